The van der Waals surface area contributed by atoms with Crippen LogP contribution in [0.1, 0.15) is 48.7 Å². The predicted molar refractivity (Wildman–Crippen MR) is 81.4 cm³/mol. The highest BCUT2D eigenvalue weighted by Gasteiger charge is 2.23. The molecule has 1 unspecified atom stereocenters. The summed E-state index contributed by atoms with van der Waals surface area (Å²) in [4.78, 5) is 11.5. The Morgan fingerprint density at radius 3 is 2.81 bits per heavy atom. The van der Waals surface area contributed by atoms with Crippen molar-refractivity contribution in [3.8, 4) is 0 Å². The van der Waals surface area contributed by atoms with Crippen LogP contribution in [0.3, 0.4) is 0 Å². The first-order valence-corrected chi connectivity index (χ1v) is 7.64. The molecule has 1 aromatic carbocycles. The first kappa shape index (κ1) is 14.1. The van der Waals surface area contributed by atoms with Crippen LogP contribution in [-0.4, -0.2) is 17.1 Å². The van der Waals surface area contributed by atoms with Gasteiger partial charge in [-0.3, -0.25) is 0 Å². The van der Waals surface area contributed by atoms with Gasteiger partial charge in [0, 0.05) is 11.4 Å². The van der Waals surface area contributed by atoms with Gasteiger partial charge in [0.15, 0.2) is 0 Å². The lowest BCUT2D eigenvalue weighted by Crippen LogP contribution is -2.32. The summed E-state index contributed by atoms with van der Waals surface area (Å²) < 4.78 is 5.73. The smallest absolute Gasteiger partial charge is 0.339 e. The molecule has 1 aromatic heterocycles. The van der Waals surface area contributed by atoms with Crippen molar-refractivity contribution >= 4 is 16.9 Å². The molecule has 4 heteroatoms. The van der Waals surface area contributed by atoms with Gasteiger partial charge in [-0.25, -0.2) is 4.79 Å². The fourth-order valence-corrected chi connectivity index (χ4v) is 3.33. The molecule has 1 saturated carbocycles. The molecule has 3 rings (SSSR count). The molecule has 112 valence electrons. The second kappa shape index (κ2) is 5.90. The Morgan fingerprint density at radius 1 is 1.38 bits per heavy atom. The number of carbonyl (C=O) groups is 1. The molecule has 0 bridgehead atoms. The standard InChI is InChI=1S/C17H21NO3/c1-11(12-6-2-3-7-12)18-10-15-16(17(19)20)13-8-4-5-9-14(13)21-15/h4-5,8-9,11-12,18H,2-3,6-7,10H2,1H3,(H,19,20). The Hall–Kier alpha value is -1.81. The van der Waals surface area contributed by atoms with E-state index in [2.05, 4.69) is 12.2 Å². The van der Waals surface area contributed by atoms with Gasteiger partial charge in [0.05, 0.1) is 6.54 Å². The van der Waals surface area contributed by atoms with E-state index < -0.39 is 5.97 Å². The van der Waals surface area contributed by atoms with Crippen LogP contribution >= 0.6 is 0 Å². The minimum atomic E-state index is -0.926. The number of hydrogen-bond acceptors (Lipinski definition) is 3. The molecule has 0 saturated heterocycles. The third-order valence-electron chi connectivity index (χ3n) is 4.57. The number of hydrogen-bond donors (Lipinski definition) is 2. The van der Waals surface area contributed by atoms with Crippen LogP contribution in [0.25, 0.3) is 11.0 Å². The molecule has 0 amide bonds. The highest BCUT2D eigenvalue weighted by Crippen LogP contribution is 2.29. The molecule has 1 heterocycles. The first-order chi connectivity index (χ1) is 10.2. The van der Waals surface area contributed by atoms with Crippen LogP contribution in [0.15, 0.2) is 28.7 Å². The van der Waals surface area contributed by atoms with E-state index in [1.807, 2.05) is 18.2 Å². The number of rotatable bonds is 5. The average molecular weight is 287 g/mol. The summed E-state index contributed by atoms with van der Waals surface area (Å²) in [7, 11) is 0. The maximum Gasteiger partial charge on any atom is 0.339 e. The summed E-state index contributed by atoms with van der Waals surface area (Å²) in [5.74, 6) is 0.293. The predicted octanol–water partition coefficient (Wildman–Crippen LogP) is 3.80. The van der Waals surface area contributed by atoms with Crippen LogP contribution in [0, 0.1) is 5.92 Å². The van der Waals surface area contributed by atoms with Crippen LogP contribution < -0.4 is 5.32 Å². The van der Waals surface area contributed by atoms with Gasteiger partial charge in [-0.2, -0.15) is 0 Å². The lowest BCUT2D eigenvalue weighted by Gasteiger charge is -2.19. The molecule has 4 nitrogen and oxygen atoms in total. The molecule has 2 aromatic rings. The number of nitrogens with one attached hydrogen (secondary N) is 1. The van der Waals surface area contributed by atoms with Gasteiger partial charge in [0.25, 0.3) is 0 Å². The van der Waals surface area contributed by atoms with Gasteiger partial charge < -0.3 is 14.8 Å². The number of para-hydroxylation sites is 1. The van der Waals surface area contributed by atoms with E-state index >= 15 is 0 Å². The van der Waals surface area contributed by atoms with E-state index in [-0.39, 0.29) is 5.56 Å². The lowest BCUT2D eigenvalue weighted by molar-refractivity contribution is 0.0696. The van der Waals surface area contributed by atoms with Crippen molar-refractivity contribution in [2.24, 2.45) is 5.92 Å². The van der Waals surface area contributed by atoms with Gasteiger partial charge in [0.1, 0.15) is 16.9 Å². The van der Waals surface area contributed by atoms with Crippen LogP contribution in [0.4, 0.5) is 0 Å². The van der Waals surface area contributed by atoms with Crippen LogP contribution in [-0.2, 0) is 6.54 Å². The third kappa shape index (κ3) is 2.81. The third-order valence-corrected chi connectivity index (χ3v) is 4.57. The van der Waals surface area contributed by atoms with Gasteiger partial charge in [-0.1, -0.05) is 31.0 Å². The molecular formula is C17H21NO3. The SMILES string of the molecule is CC(NCc1oc2ccccc2c1C(=O)O)C1CCCC1. The molecule has 21 heavy (non-hydrogen) atoms. The second-order valence-corrected chi connectivity index (χ2v) is 5.92. The van der Waals surface area contributed by atoms with E-state index in [4.69, 9.17) is 4.42 Å². The lowest BCUT2D eigenvalue weighted by atomic mass is 10.00. The summed E-state index contributed by atoms with van der Waals surface area (Å²) in [5.41, 5.74) is 0.928. The maximum absolute atomic E-state index is 11.5. The fraction of sp³-hybridized carbons (Fsp3) is 0.471. The zero-order valence-corrected chi connectivity index (χ0v) is 12.3. The summed E-state index contributed by atoms with van der Waals surface area (Å²) in [6, 6.07) is 7.69. The molecule has 2 N–H and O–H groups in total. The Morgan fingerprint density at radius 2 is 2.10 bits per heavy atom. The van der Waals surface area contributed by atoms with Crippen molar-refractivity contribution in [3.63, 3.8) is 0 Å². The summed E-state index contributed by atoms with van der Waals surface area (Å²) in [6.45, 7) is 2.65. The molecule has 1 atom stereocenters. The van der Waals surface area contributed by atoms with Gasteiger partial charge >= 0.3 is 5.97 Å². The summed E-state index contributed by atoms with van der Waals surface area (Å²) in [5, 5.41) is 13.6. The largest absolute Gasteiger partial charge is 0.478 e. The van der Waals surface area contributed by atoms with E-state index in [0.29, 0.717) is 35.2 Å². The molecule has 1 fully saturated rings. The van der Waals surface area contributed by atoms with E-state index in [1.54, 1.807) is 6.07 Å². The molecular weight excluding hydrogens is 266 g/mol. The van der Waals surface area contributed by atoms with Crippen molar-refractivity contribution < 1.29 is 14.3 Å². The maximum atomic E-state index is 11.5. The van der Waals surface area contributed by atoms with Gasteiger partial charge in [-0.15, -0.1) is 0 Å². The fourth-order valence-electron chi connectivity index (χ4n) is 3.33. The highest BCUT2D eigenvalue weighted by molar-refractivity contribution is 6.03. The minimum absolute atomic E-state index is 0.289. The van der Waals surface area contributed by atoms with E-state index in [9.17, 15) is 9.90 Å². The summed E-state index contributed by atoms with van der Waals surface area (Å²) in [6.07, 6.45) is 5.14. The molecule has 1 aliphatic carbocycles. The van der Waals surface area contributed by atoms with Gasteiger partial charge in [-0.05, 0) is 31.7 Å². The number of carboxylic acid groups (broad SMARTS) is 1. The second-order valence-electron chi connectivity index (χ2n) is 5.92. The Balaban J connectivity index is 1.79. The number of benzene rings is 1. The normalized spacial score (nSPS) is 17.4. The topological polar surface area (TPSA) is 62.5 Å². The van der Waals surface area contributed by atoms with Crippen LogP contribution in [0.2, 0.25) is 0 Å². The number of furan rings is 1. The minimum Gasteiger partial charge on any atom is -0.478 e. The Labute approximate surface area is 124 Å². The molecule has 0 spiro atoms. The number of fused-ring (bicyclic) bond motifs is 1. The van der Waals surface area contributed by atoms with Crippen molar-refractivity contribution in [1.29, 1.82) is 0 Å². The molecule has 1 aliphatic rings. The van der Waals surface area contributed by atoms with Crippen LogP contribution in [0.5, 0.6) is 0 Å². The zero-order chi connectivity index (χ0) is 14.8. The van der Waals surface area contributed by atoms with E-state index in [1.165, 1.54) is 25.7 Å². The van der Waals surface area contributed by atoms with Crippen molar-refractivity contribution in [3.05, 3.63) is 35.6 Å². The first-order valence-electron chi connectivity index (χ1n) is 7.64. The van der Waals surface area contributed by atoms with E-state index in [0.717, 1.165) is 0 Å². The monoisotopic (exact) mass is 287 g/mol. The highest BCUT2D eigenvalue weighted by atomic mass is 16.4. The Bertz CT molecular complexity index is 641. The number of carboxylic acids is 1. The van der Waals surface area contributed by atoms with Gasteiger partial charge in [0.2, 0.25) is 0 Å². The number of aromatic carboxylic acids is 1. The molecule has 0 aliphatic heterocycles. The summed E-state index contributed by atoms with van der Waals surface area (Å²) >= 11 is 0. The molecule has 0 radical (unpaired) electrons. The van der Waals surface area contributed by atoms with Crippen molar-refractivity contribution in [1.82, 2.24) is 5.32 Å². The quantitative estimate of drug-likeness (QED) is 0.878. The average Bonchev–Trinajstić information content (AvgIpc) is 3.11. The Kier molecular flexibility index (Phi) is 3.97. The zero-order valence-electron chi connectivity index (χ0n) is 12.3. The van der Waals surface area contributed by atoms with Crippen molar-refractivity contribution in [2.75, 3.05) is 0 Å². The van der Waals surface area contributed by atoms with Crippen molar-refractivity contribution in [2.45, 2.75) is 45.2 Å².